The molecule has 184 valence electrons. The second-order valence-corrected chi connectivity index (χ2v) is 8.83. The van der Waals surface area contributed by atoms with Gasteiger partial charge >= 0.3 is 11.9 Å². The number of Topliss-reactive ketones (excluding diaryl/α,β-unsaturated/α-hetero) is 1. The Bertz CT molecular complexity index is 791. The molecule has 2 rings (SSSR count). The predicted octanol–water partition coefficient (Wildman–Crippen LogP) is 4.79. The van der Waals surface area contributed by atoms with Crippen LogP contribution in [0.25, 0.3) is 0 Å². The number of aliphatic hydroxyl groups is 1. The highest BCUT2D eigenvalue weighted by atomic mass is 16.5. The minimum absolute atomic E-state index is 0.180. The molecule has 7 heteroatoms. The van der Waals surface area contributed by atoms with Gasteiger partial charge in [0.25, 0.3) is 0 Å². The maximum Gasteiger partial charge on any atom is 0.341 e. The number of hydrogen-bond acceptors (Lipinski definition) is 6. The number of benzene rings is 1. The number of ether oxygens (including phenoxy) is 2. The molecule has 2 N–H and O–H groups in total. The smallest absolute Gasteiger partial charge is 0.341 e. The molecule has 0 spiro atoms. The molecule has 1 aromatic carbocycles. The van der Waals surface area contributed by atoms with Crippen LogP contribution in [0.3, 0.4) is 0 Å². The number of unbranched alkanes of at least 4 members (excludes halogenated alkanes) is 2. The van der Waals surface area contributed by atoms with Crippen molar-refractivity contribution in [1.82, 2.24) is 0 Å². The third-order valence-corrected chi connectivity index (χ3v) is 6.64. The standard InChI is InChI=1S/C26H38O7/c1-3-5-6-10-20(27)15-13-19-14-16-23(28)26(19,25(30)31)17-9-18-33-22-12-8-7-11-21(22)24(29)32-4-2/h7-8,11-12,19-20,27H,3-6,9-10,13-18H2,1-2H3,(H,30,31). The van der Waals surface area contributed by atoms with Crippen molar-refractivity contribution in [2.24, 2.45) is 11.3 Å². The Labute approximate surface area is 196 Å². The Morgan fingerprint density at radius 2 is 1.91 bits per heavy atom. The number of carboxylic acids is 1. The number of hydrogen-bond donors (Lipinski definition) is 2. The van der Waals surface area contributed by atoms with Gasteiger partial charge in [0.05, 0.1) is 19.3 Å². The first-order chi connectivity index (χ1) is 15.9. The largest absolute Gasteiger partial charge is 0.493 e. The van der Waals surface area contributed by atoms with Crippen molar-refractivity contribution in [3.63, 3.8) is 0 Å². The highest BCUT2D eigenvalue weighted by Gasteiger charge is 2.54. The quantitative estimate of drug-likeness (QED) is 0.219. The summed E-state index contributed by atoms with van der Waals surface area (Å²) in [5.74, 6) is -1.69. The summed E-state index contributed by atoms with van der Waals surface area (Å²) in [7, 11) is 0. The zero-order chi connectivity index (χ0) is 24.3. The van der Waals surface area contributed by atoms with Crippen LogP contribution in [-0.4, -0.2) is 47.3 Å². The van der Waals surface area contributed by atoms with Crippen LogP contribution < -0.4 is 4.74 Å². The molecule has 0 radical (unpaired) electrons. The van der Waals surface area contributed by atoms with Gasteiger partial charge in [-0.25, -0.2) is 4.79 Å². The number of esters is 1. The molecule has 1 aliphatic rings. The van der Waals surface area contributed by atoms with Crippen LogP contribution in [0, 0.1) is 11.3 Å². The van der Waals surface area contributed by atoms with Crippen LogP contribution in [0.1, 0.15) is 88.4 Å². The molecule has 33 heavy (non-hydrogen) atoms. The third kappa shape index (κ3) is 7.03. The van der Waals surface area contributed by atoms with Crippen molar-refractivity contribution < 1.29 is 34.1 Å². The minimum Gasteiger partial charge on any atom is -0.493 e. The molecular formula is C26H38O7. The summed E-state index contributed by atoms with van der Waals surface area (Å²) < 4.78 is 10.8. The molecule has 1 fully saturated rings. The monoisotopic (exact) mass is 462 g/mol. The van der Waals surface area contributed by atoms with Crippen LogP contribution >= 0.6 is 0 Å². The van der Waals surface area contributed by atoms with Gasteiger partial charge in [-0.2, -0.15) is 0 Å². The fourth-order valence-electron chi connectivity index (χ4n) is 4.81. The Balaban J connectivity index is 1.97. The van der Waals surface area contributed by atoms with Gasteiger partial charge in [-0.1, -0.05) is 38.3 Å². The summed E-state index contributed by atoms with van der Waals surface area (Å²) in [4.78, 5) is 37.1. The van der Waals surface area contributed by atoms with Crippen LogP contribution in [0.5, 0.6) is 5.75 Å². The van der Waals surface area contributed by atoms with Crippen molar-refractivity contribution in [1.29, 1.82) is 0 Å². The Morgan fingerprint density at radius 3 is 2.61 bits per heavy atom. The first-order valence-electron chi connectivity index (χ1n) is 12.2. The summed E-state index contributed by atoms with van der Waals surface area (Å²) in [6.45, 7) is 4.28. The van der Waals surface area contributed by atoms with Crippen LogP contribution in [0.4, 0.5) is 0 Å². The molecule has 3 unspecified atom stereocenters. The molecule has 1 saturated carbocycles. The number of ketones is 1. The minimum atomic E-state index is -1.42. The lowest BCUT2D eigenvalue weighted by molar-refractivity contribution is -0.157. The van der Waals surface area contributed by atoms with Gasteiger partial charge in [0, 0.05) is 6.42 Å². The maximum atomic E-state index is 12.7. The molecule has 0 bridgehead atoms. The number of carboxylic acid groups (broad SMARTS) is 1. The number of aliphatic hydroxyl groups excluding tert-OH is 1. The van der Waals surface area contributed by atoms with Gasteiger partial charge in [-0.15, -0.1) is 0 Å². The Morgan fingerprint density at radius 1 is 1.15 bits per heavy atom. The van der Waals surface area contributed by atoms with E-state index < -0.39 is 23.5 Å². The lowest BCUT2D eigenvalue weighted by Gasteiger charge is -2.30. The van der Waals surface area contributed by atoms with E-state index in [0.29, 0.717) is 43.4 Å². The Hall–Kier alpha value is -2.41. The van der Waals surface area contributed by atoms with E-state index in [4.69, 9.17) is 9.47 Å². The van der Waals surface area contributed by atoms with E-state index in [9.17, 15) is 24.6 Å². The van der Waals surface area contributed by atoms with Crippen molar-refractivity contribution in [2.45, 2.75) is 84.2 Å². The van der Waals surface area contributed by atoms with Crippen molar-refractivity contribution in [3.8, 4) is 5.75 Å². The number of carbonyl (C=O) groups excluding carboxylic acids is 2. The summed E-state index contributed by atoms with van der Waals surface area (Å²) in [5.41, 5.74) is -1.10. The lowest BCUT2D eigenvalue weighted by Crippen LogP contribution is -2.41. The first kappa shape index (κ1) is 26.8. The van der Waals surface area contributed by atoms with E-state index in [2.05, 4.69) is 6.92 Å². The first-order valence-corrected chi connectivity index (χ1v) is 12.2. The third-order valence-electron chi connectivity index (χ3n) is 6.64. The molecule has 3 atom stereocenters. The maximum absolute atomic E-state index is 12.7. The Kier molecular flexibility index (Phi) is 10.8. The normalized spacial score (nSPS) is 21.1. The number of aliphatic carboxylic acids is 1. The number of para-hydroxylation sites is 1. The average molecular weight is 463 g/mol. The van der Waals surface area contributed by atoms with Gasteiger partial charge in [0.2, 0.25) is 0 Å². The van der Waals surface area contributed by atoms with E-state index >= 15 is 0 Å². The van der Waals surface area contributed by atoms with Gasteiger partial charge in [-0.05, 0) is 63.5 Å². The molecule has 1 aliphatic carbocycles. The summed E-state index contributed by atoms with van der Waals surface area (Å²) in [6.07, 6.45) is 5.74. The van der Waals surface area contributed by atoms with E-state index in [0.717, 1.165) is 19.3 Å². The van der Waals surface area contributed by atoms with Gasteiger partial charge in [0.1, 0.15) is 22.5 Å². The lowest BCUT2D eigenvalue weighted by atomic mass is 9.71. The van der Waals surface area contributed by atoms with Crippen molar-refractivity contribution >= 4 is 17.7 Å². The highest BCUT2D eigenvalue weighted by Crippen LogP contribution is 2.47. The van der Waals surface area contributed by atoms with Crippen LogP contribution in [0.15, 0.2) is 24.3 Å². The van der Waals surface area contributed by atoms with Crippen molar-refractivity contribution in [3.05, 3.63) is 29.8 Å². The summed E-state index contributed by atoms with van der Waals surface area (Å²) >= 11 is 0. The van der Waals surface area contributed by atoms with Gasteiger partial charge in [-0.3, -0.25) is 9.59 Å². The van der Waals surface area contributed by atoms with Gasteiger partial charge in [0.15, 0.2) is 0 Å². The summed E-state index contributed by atoms with van der Waals surface area (Å²) in [6, 6.07) is 6.76. The van der Waals surface area contributed by atoms with Crippen molar-refractivity contribution in [2.75, 3.05) is 13.2 Å². The predicted molar refractivity (Wildman–Crippen MR) is 124 cm³/mol. The highest BCUT2D eigenvalue weighted by molar-refractivity contribution is 6.05. The molecular weight excluding hydrogens is 424 g/mol. The molecule has 0 saturated heterocycles. The molecule has 0 aromatic heterocycles. The van der Waals surface area contributed by atoms with E-state index in [1.54, 1.807) is 31.2 Å². The molecule has 1 aromatic rings. The van der Waals surface area contributed by atoms with Gasteiger partial charge < -0.3 is 19.7 Å². The van der Waals surface area contributed by atoms with E-state index in [1.807, 2.05) is 0 Å². The molecule has 7 nitrogen and oxygen atoms in total. The SMILES string of the molecule is CCCCCC(O)CCC1CCC(=O)C1(CCCOc1ccccc1C(=O)OCC)C(=O)O. The summed E-state index contributed by atoms with van der Waals surface area (Å²) in [5, 5.41) is 20.3. The zero-order valence-corrected chi connectivity index (χ0v) is 19.9. The van der Waals surface area contributed by atoms with E-state index in [1.165, 1.54) is 0 Å². The second-order valence-electron chi connectivity index (χ2n) is 8.83. The zero-order valence-electron chi connectivity index (χ0n) is 19.9. The fourth-order valence-corrected chi connectivity index (χ4v) is 4.81. The van der Waals surface area contributed by atoms with E-state index in [-0.39, 0.29) is 37.8 Å². The average Bonchev–Trinajstić information content (AvgIpc) is 3.12. The molecule has 0 amide bonds. The molecule has 0 aliphatic heterocycles. The van der Waals surface area contributed by atoms with Crippen LogP contribution in [-0.2, 0) is 14.3 Å². The van der Waals surface area contributed by atoms with Crippen LogP contribution in [0.2, 0.25) is 0 Å². The number of rotatable bonds is 15. The number of carbonyl (C=O) groups is 3. The topological polar surface area (TPSA) is 110 Å². The fraction of sp³-hybridized carbons (Fsp3) is 0.654. The molecule has 0 heterocycles. The second kappa shape index (κ2) is 13.3.